The lowest BCUT2D eigenvalue weighted by molar-refractivity contribution is -0.384. The lowest BCUT2D eigenvalue weighted by Gasteiger charge is -2.08. The Hall–Kier alpha value is -3.62. The molecule has 0 spiro atoms. The van der Waals surface area contributed by atoms with E-state index in [-0.39, 0.29) is 17.3 Å². The van der Waals surface area contributed by atoms with Gasteiger partial charge in [0.15, 0.2) is 5.58 Å². The molecule has 0 atom stereocenters. The predicted molar refractivity (Wildman–Crippen MR) is 94.5 cm³/mol. The first-order chi connectivity index (χ1) is 12.5. The number of aromatic nitrogens is 1. The van der Waals surface area contributed by atoms with Crippen molar-refractivity contribution in [1.82, 2.24) is 4.98 Å². The number of hydrogen-bond donors (Lipinski definition) is 3. The molecule has 0 radical (unpaired) electrons. The zero-order valence-electron chi connectivity index (χ0n) is 13.4. The summed E-state index contributed by atoms with van der Waals surface area (Å²) in [5.41, 5.74) is 1.69. The maximum absolute atomic E-state index is 12.4. The van der Waals surface area contributed by atoms with E-state index in [1.165, 1.54) is 12.1 Å². The average molecular weight is 354 g/mol. The van der Waals surface area contributed by atoms with Gasteiger partial charge in [-0.15, -0.1) is 0 Å². The summed E-state index contributed by atoms with van der Waals surface area (Å²) in [6.45, 7) is 0. The van der Waals surface area contributed by atoms with E-state index in [1.54, 1.807) is 24.3 Å². The molecule has 132 valence electrons. The molecular weight excluding hydrogens is 340 g/mol. The topological polar surface area (TPSA) is 130 Å². The molecule has 3 N–H and O–H groups in total. The van der Waals surface area contributed by atoms with Gasteiger partial charge in [-0.25, -0.2) is 4.79 Å². The number of benzene rings is 2. The maximum atomic E-state index is 12.4. The van der Waals surface area contributed by atoms with E-state index in [2.05, 4.69) is 15.6 Å². The van der Waals surface area contributed by atoms with Crippen molar-refractivity contribution in [1.29, 1.82) is 0 Å². The highest BCUT2D eigenvalue weighted by molar-refractivity contribution is 6.05. The molecule has 9 nitrogen and oxygen atoms in total. The smallest absolute Gasteiger partial charge is 0.408 e. The number of amides is 1. The fourth-order valence-electron chi connectivity index (χ4n) is 2.63. The number of nitrogens with zero attached hydrogens (tertiary/aromatic N) is 1. The Morgan fingerprint density at radius 3 is 2.77 bits per heavy atom. The van der Waals surface area contributed by atoms with Gasteiger partial charge in [-0.05, 0) is 43.2 Å². The molecule has 0 aliphatic heterocycles. The molecule has 9 heteroatoms. The molecule has 1 fully saturated rings. The third-order valence-corrected chi connectivity index (χ3v) is 4.07. The lowest BCUT2D eigenvalue weighted by atomic mass is 10.1. The molecule has 1 saturated carbocycles. The second-order valence-electron chi connectivity index (χ2n) is 6.09. The van der Waals surface area contributed by atoms with Gasteiger partial charge in [0, 0.05) is 23.4 Å². The number of hydrogen-bond acceptors (Lipinski definition) is 6. The predicted octanol–water partition coefficient (Wildman–Crippen LogP) is 2.86. The third kappa shape index (κ3) is 3.14. The molecule has 1 heterocycles. The number of nitrogens with one attached hydrogen (secondary N) is 3. The van der Waals surface area contributed by atoms with Crippen molar-refractivity contribution in [2.24, 2.45) is 0 Å². The van der Waals surface area contributed by atoms with E-state index in [1.807, 2.05) is 0 Å². The number of rotatable bonds is 5. The van der Waals surface area contributed by atoms with Crippen molar-refractivity contribution in [2.45, 2.75) is 18.9 Å². The number of nitro groups is 1. The van der Waals surface area contributed by atoms with E-state index in [0.717, 1.165) is 12.8 Å². The Balaban J connectivity index is 1.58. The minimum atomic E-state index is -0.585. The number of H-pyrrole nitrogens is 1. The zero-order valence-corrected chi connectivity index (χ0v) is 13.4. The maximum Gasteiger partial charge on any atom is 0.417 e. The lowest BCUT2D eigenvalue weighted by Crippen LogP contribution is -2.13. The number of fused-ring (bicyclic) bond motifs is 1. The molecular formula is C17H14N4O5. The molecule has 3 aromatic rings. The summed E-state index contributed by atoms with van der Waals surface area (Å²) in [6.07, 6.45) is 1.97. The van der Waals surface area contributed by atoms with Gasteiger partial charge in [-0.2, -0.15) is 0 Å². The van der Waals surface area contributed by atoms with Gasteiger partial charge in [0.1, 0.15) is 5.69 Å². The minimum absolute atomic E-state index is 0.140. The molecule has 1 aliphatic rings. The summed E-state index contributed by atoms with van der Waals surface area (Å²) in [5.74, 6) is -1.07. The monoisotopic (exact) mass is 354 g/mol. The Morgan fingerprint density at radius 1 is 1.23 bits per heavy atom. The van der Waals surface area contributed by atoms with Crippen LogP contribution in [0.5, 0.6) is 0 Å². The number of oxazole rings is 1. The van der Waals surface area contributed by atoms with Gasteiger partial charge in [0.05, 0.1) is 10.4 Å². The molecule has 0 unspecified atom stereocenters. The van der Waals surface area contributed by atoms with E-state index < -0.39 is 16.6 Å². The normalized spacial score (nSPS) is 13.5. The van der Waals surface area contributed by atoms with Crippen molar-refractivity contribution in [3.8, 4) is 0 Å². The number of anilines is 2. The van der Waals surface area contributed by atoms with E-state index in [4.69, 9.17) is 4.42 Å². The Morgan fingerprint density at radius 2 is 2.04 bits per heavy atom. The fraction of sp³-hybridized carbons (Fsp3) is 0.176. The van der Waals surface area contributed by atoms with Crippen molar-refractivity contribution in [3.05, 3.63) is 62.6 Å². The number of carbonyl (C=O) groups excluding carboxylic acids is 1. The number of aromatic amines is 1. The van der Waals surface area contributed by atoms with Crippen LogP contribution in [-0.4, -0.2) is 21.9 Å². The third-order valence-electron chi connectivity index (χ3n) is 4.07. The quantitative estimate of drug-likeness (QED) is 0.477. The van der Waals surface area contributed by atoms with E-state index in [9.17, 15) is 19.7 Å². The first-order valence-electron chi connectivity index (χ1n) is 7.99. The van der Waals surface area contributed by atoms with Crippen LogP contribution in [0.2, 0.25) is 0 Å². The van der Waals surface area contributed by atoms with Gasteiger partial charge in [0.25, 0.3) is 11.6 Å². The van der Waals surface area contributed by atoms with Crippen molar-refractivity contribution >= 4 is 34.1 Å². The van der Waals surface area contributed by atoms with Crippen molar-refractivity contribution in [3.63, 3.8) is 0 Å². The van der Waals surface area contributed by atoms with Crippen LogP contribution >= 0.6 is 0 Å². The van der Waals surface area contributed by atoms with Crippen LogP contribution in [0.1, 0.15) is 23.2 Å². The van der Waals surface area contributed by atoms with E-state index >= 15 is 0 Å². The molecule has 26 heavy (non-hydrogen) atoms. The van der Waals surface area contributed by atoms with Crippen LogP contribution < -0.4 is 16.4 Å². The summed E-state index contributed by atoms with van der Waals surface area (Å²) in [4.78, 5) is 36.9. The van der Waals surface area contributed by atoms with Crippen molar-refractivity contribution in [2.75, 3.05) is 10.6 Å². The SMILES string of the molecule is O=C(Nc1ccc2oc(=O)[nH]c2c1)c1ccc(NC2CC2)c([N+](=O)[O-])c1. The molecule has 1 amide bonds. The summed E-state index contributed by atoms with van der Waals surface area (Å²) in [7, 11) is 0. The molecule has 0 bridgehead atoms. The summed E-state index contributed by atoms with van der Waals surface area (Å²) >= 11 is 0. The highest BCUT2D eigenvalue weighted by Crippen LogP contribution is 2.31. The van der Waals surface area contributed by atoms with Crippen molar-refractivity contribution < 1.29 is 14.1 Å². The van der Waals surface area contributed by atoms with Crippen LogP contribution in [0, 0.1) is 10.1 Å². The summed E-state index contributed by atoms with van der Waals surface area (Å²) in [6, 6.07) is 9.26. The Labute approximate surface area is 146 Å². The zero-order chi connectivity index (χ0) is 18.3. The molecule has 4 rings (SSSR count). The standard InChI is InChI=1S/C17H14N4O5/c22-16(19-11-4-6-15-13(8-11)20-17(23)26-15)9-1-5-12(18-10-2-3-10)14(7-9)21(24)25/h1,4-8,10,18H,2-3H2,(H,19,22)(H,20,23). The minimum Gasteiger partial charge on any atom is -0.408 e. The molecule has 0 saturated heterocycles. The van der Waals surface area contributed by atoms with Crippen LogP contribution in [0.25, 0.3) is 11.1 Å². The fourth-order valence-corrected chi connectivity index (χ4v) is 2.63. The molecule has 1 aliphatic carbocycles. The Kier molecular flexibility index (Phi) is 3.68. The number of carbonyl (C=O) groups is 1. The summed E-state index contributed by atoms with van der Waals surface area (Å²) in [5, 5.41) is 17.0. The first kappa shape index (κ1) is 15.9. The van der Waals surface area contributed by atoms with Gasteiger partial charge in [0.2, 0.25) is 0 Å². The second kappa shape index (κ2) is 6.03. The highest BCUT2D eigenvalue weighted by atomic mass is 16.6. The highest BCUT2D eigenvalue weighted by Gasteiger charge is 2.25. The van der Waals surface area contributed by atoms with Gasteiger partial charge >= 0.3 is 5.76 Å². The van der Waals surface area contributed by atoms with Gasteiger partial charge in [-0.3, -0.25) is 19.9 Å². The molecule has 1 aromatic heterocycles. The van der Waals surface area contributed by atoms with Gasteiger partial charge in [-0.1, -0.05) is 0 Å². The largest absolute Gasteiger partial charge is 0.417 e. The summed E-state index contributed by atoms with van der Waals surface area (Å²) < 4.78 is 4.90. The molecule has 2 aromatic carbocycles. The first-order valence-corrected chi connectivity index (χ1v) is 7.99. The average Bonchev–Trinajstić information content (AvgIpc) is 3.33. The number of nitro benzene ring substituents is 1. The van der Waals surface area contributed by atoms with Crippen LogP contribution in [-0.2, 0) is 0 Å². The second-order valence-corrected chi connectivity index (χ2v) is 6.09. The van der Waals surface area contributed by atoms with Crippen LogP contribution in [0.3, 0.4) is 0 Å². The Bertz CT molecular complexity index is 1080. The van der Waals surface area contributed by atoms with Crippen LogP contribution in [0.4, 0.5) is 17.1 Å². The van der Waals surface area contributed by atoms with E-state index in [0.29, 0.717) is 22.5 Å². The van der Waals surface area contributed by atoms with Crippen LogP contribution in [0.15, 0.2) is 45.6 Å². The van der Waals surface area contributed by atoms with Gasteiger partial charge < -0.3 is 15.1 Å².